The molecule has 4 heteroatoms. The third kappa shape index (κ3) is 1.67. The number of nitrogens with zero attached hydrogens (tertiary/aromatic N) is 1. The minimum absolute atomic E-state index is 0.0273. The molecule has 3 aliphatic carbocycles. The number of hydrogen-bond donors (Lipinski definition) is 2. The lowest BCUT2D eigenvalue weighted by Gasteiger charge is -2.34. The molecule has 114 valence electrons. The maximum Gasteiger partial charge on any atom is 0.202 e. The summed E-state index contributed by atoms with van der Waals surface area (Å²) in [6.45, 7) is 2.08. The Morgan fingerprint density at radius 3 is 2.41 bits per heavy atom. The summed E-state index contributed by atoms with van der Waals surface area (Å²) in [6, 6.07) is 7.78. The molecule has 2 aromatic rings. The number of carbonyl (C=O) groups excluding carboxylic acids is 1. The van der Waals surface area contributed by atoms with Crippen molar-refractivity contribution in [2.45, 2.75) is 44.4 Å². The molecule has 1 heterocycles. The largest absolute Gasteiger partial charge is 0.494 e. The van der Waals surface area contributed by atoms with Crippen molar-refractivity contribution in [3.05, 3.63) is 41.0 Å². The molecule has 1 aromatic heterocycles. The molecule has 22 heavy (non-hydrogen) atoms. The van der Waals surface area contributed by atoms with Crippen LogP contribution in [0.2, 0.25) is 0 Å². The van der Waals surface area contributed by atoms with E-state index < -0.39 is 0 Å². The Morgan fingerprint density at radius 1 is 1.09 bits per heavy atom. The van der Waals surface area contributed by atoms with Gasteiger partial charge in [-0.25, -0.2) is 0 Å². The van der Waals surface area contributed by atoms with Gasteiger partial charge in [-0.15, -0.1) is 0 Å². The van der Waals surface area contributed by atoms with Gasteiger partial charge >= 0.3 is 0 Å². The highest BCUT2D eigenvalue weighted by atomic mass is 16.3. The number of aromatic nitrogens is 1. The second-order valence-corrected chi connectivity index (χ2v) is 6.33. The normalized spacial score (nSPS) is 22.9. The molecule has 0 radical (unpaired) electrons. The lowest BCUT2D eigenvalue weighted by Crippen LogP contribution is -2.28. The lowest BCUT2D eigenvalue weighted by molar-refractivity contribution is -0.123. The van der Waals surface area contributed by atoms with Crippen LogP contribution in [0, 0.1) is 0 Å². The molecule has 0 saturated heterocycles. The zero-order valence-electron chi connectivity index (χ0n) is 12.5. The van der Waals surface area contributed by atoms with Crippen LogP contribution in [-0.4, -0.2) is 20.6 Å². The van der Waals surface area contributed by atoms with Crippen LogP contribution in [-0.2, 0) is 11.2 Å². The standard InChI is InChI=1S/C18H19NO3/c1-2-10-3-6-12(7-4-10)19-17(21)15-11-5-8-13(14(20)9-11)16(15)18(19)22/h3-4,6-7,11,13,21-22H,2,5,8-9H2,1H3/t11-,13+/m0/s1. The Hall–Kier alpha value is -2.23. The van der Waals surface area contributed by atoms with E-state index in [0.717, 1.165) is 30.5 Å². The number of ketones is 1. The molecule has 4 nitrogen and oxygen atoms in total. The molecule has 2 N–H and O–H groups in total. The summed E-state index contributed by atoms with van der Waals surface area (Å²) < 4.78 is 1.48. The summed E-state index contributed by atoms with van der Waals surface area (Å²) in [5, 5.41) is 21.3. The quantitative estimate of drug-likeness (QED) is 0.893. The topological polar surface area (TPSA) is 62.5 Å². The first-order valence-electron chi connectivity index (χ1n) is 7.90. The highest BCUT2D eigenvalue weighted by molar-refractivity contribution is 5.91. The van der Waals surface area contributed by atoms with E-state index >= 15 is 0 Å². The molecule has 0 aliphatic heterocycles. The fourth-order valence-electron chi connectivity index (χ4n) is 4.02. The summed E-state index contributed by atoms with van der Waals surface area (Å²) in [4.78, 5) is 12.1. The van der Waals surface area contributed by atoms with Gasteiger partial charge in [0.25, 0.3) is 0 Å². The average molecular weight is 297 g/mol. The number of Topliss-reactive ketones (excluding diaryl/α,β-unsaturated/α-hetero) is 1. The molecule has 0 amide bonds. The van der Waals surface area contributed by atoms with Crippen molar-refractivity contribution in [1.29, 1.82) is 0 Å². The van der Waals surface area contributed by atoms with E-state index in [0.29, 0.717) is 12.0 Å². The van der Waals surface area contributed by atoms with Gasteiger partial charge in [-0.1, -0.05) is 19.1 Å². The molecule has 2 bridgehead atoms. The van der Waals surface area contributed by atoms with Gasteiger partial charge in [0.05, 0.1) is 5.69 Å². The van der Waals surface area contributed by atoms with Crippen LogP contribution in [0.25, 0.3) is 5.69 Å². The number of aromatic hydroxyl groups is 2. The van der Waals surface area contributed by atoms with Crippen molar-refractivity contribution in [1.82, 2.24) is 4.57 Å². The van der Waals surface area contributed by atoms with Gasteiger partial charge < -0.3 is 10.2 Å². The third-order valence-corrected chi connectivity index (χ3v) is 5.20. The predicted molar refractivity (Wildman–Crippen MR) is 82.8 cm³/mol. The Balaban J connectivity index is 1.90. The van der Waals surface area contributed by atoms with Crippen LogP contribution < -0.4 is 0 Å². The van der Waals surface area contributed by atoms with Gasteiger partial charge in [-0.3, -0.25) is 9.36 Å². The third-order valence-electron chi connectivity index (χ3n) is 5.20. The minimum atomic E-state index is -0.248. The van der Waals surface area contributed by atoms with Gasteiger partial charge in [0.1, 0.15) is 5.78 Å². The van der Waals surface area contributed by atoms with Crippen molar-refractivity contribution < 1.29 is 15.0 Å². The number of rotatable bonds is 2. The van der Waals surface area contributed by atoms with Crippen molar-refractivity contribution in [3.63, 3.8) is 0 Å². The van der Waals surface area contributed by atoms with E-state index in [1.54, 1.807) is 0 Å². The molecule has 1 fully saturated rings. The van der Waals surface area contributed by atoms with Crippen molar-refractivity contribution in [2.75, 3.05) is 0 Å². The molecular weight excluding hydrogens is 278 g/mol. The van der Waals surface area contributed by atoms with Crippen LogP contribution in [0.15, 0.2) is 24.3 Å². The van der Waals surface area contributed by atoms with Crippen LogP contribution in [0.1, 0.15) is 54.7 Å². The Kier molecular flexibility index (Phi) is 2.83. The van der Waals surface area contributed by atoms with Crippen molar-refractivity contribution in [3.8, 4) is 17.4 Å². The smallest absolute Gasteiger partial charge is 0.202 e. The number of fused-ring (bicyclic) bond motifs is 2. The second-order valence-electron chi connectivity index (χ2n) is 6.33. The van der Waals surface area contributed by atoms with Gasteiger partial charge in [0, 0.05) is 23.5 Å². The summed E-state index contributed by atoms with van der Waals surface area (Å²) in [5.74, 6) is 0.118. The van der Waals surface area contributed by atoms with E-state index in [-0.39, 0.29) is 29.4 Å². The van der Waals surface area contributed by atoms with Gasteiger partial charge in [-0.05, 0) is 42.9 Å². The molecule has 3 aliphatic rings. The Bertz CT molecular complexity index is 758. The molecule has 1 saturated carbocycles. The van der Waals surface area contributed by atoms with E-state index in [9.17, 15) is 15.0 Å². The van der Waals surface area contributed by atoms with E-state index in [2.05, 4.69) is 6.92 Å². The van der Waals surface area contributed by atoms with Gasteiger partial charge in [0.2, 0.25) is 11.8 Å². The number of hydrogen-bond acceptors (Lipinski definition) is 3. The van der Waals surface area contributed by atoms with Crippen LogP contribution in [0.5, 0.6) is 11.8 Å². The maximum atomic E-state index is 12.1. The zero-order valence-corrected chi connectivity index (χ0v) is 12.5. The molecule has 0 spiro atoms. The summed E-state index contributed by atoms with van der Waals surface area (Å²) in [5.41, 5.74) is 3.38. The van der Waals surface area contributed by atoms with E-state index in [1.807, 2.05) is 24.3 Å². The second kappa shape index (κ2) is 4.63. The van der Waals surface area contributed by atoms with Crippen LogP contribution >= 0.6 is 0 Å². The Labute approximate surface area is 129 Å². The average Bonchev–Trinajstić information content (AvgIpc) is 2.81. The molecule has 1 aromatic carbocycles. The summed E-state index contributed by atoms with van der Waals surface area (Å²) in [7, 11) is 0. The van der Waals surface area contributed by atoms with Crippen molar-refractivity contribution in [2.24, 2.45) is 0 Å². The van der Waals surface area contributed by atoms with Gasteiger partial charge in [0.15, 0.2) is 0 Å². The van der Waals surface area contributed by atoms with Crippen molar-refractivity contribution >= 4 is 5.78 Å². The highest BCUT2D eigenvalue weighted by Crippen LogP contribution is 2.55. The maximum absolute atomic E-state index is 12.1. The highest BCUT2D eigenvalue weighted by Gasteiger charge is 2.45. The molecule has 5 rings (SSSR count). The zero-order chi connectivity index (χ0) is 15.4. The predicted octanol–water partition coefficient (Wildman–Crippen LogP) is 3.38. The van der Waals surface area contributed by atoms with Crippen LogP contribution in [0.4, 0.5) is 0 Å². The lowest BCUT2D eigenvalue weighted by atomic mass is 9.67. The molecule has 2 atom stereocenters. The number of benzene rings is 1. The summed E-state index contributed by atoms with van der Waals surface area (Å²) in [6.07, 6.45) is 3.13. The summed E-state index contributed by atoms with van der Waals surface area (Å²) >= 11 is 0. The minimum Gasteiger partial charge on any atom is -0.494 e. The fourth-order valence-corrected chi connectivity index (χ4v) is 4.02. The first kappa shape index (κ1) is 13.4. The van der Waals surface area contributed by atoms with Gasteiger partial charge in [-0.2, -0.15) is 0 Å². The number of carbonyl (C=O) groups is 1. The monoisotopic (exact) mass is 297 g/mol. The van der Waals surface area contributed by atoms with Crippen LogP contribution in [0.3, 0.4) is 0 Å². The van der Waals surface area contributed by atoms with E-state index in [1.165, 1.54) is 10.1 Å². The SMILES string of the molecule is CCc1ccc(-n2c(O)c3c(c2O)[C@@H]2CC[C@H]3CC2=O)cc1. The number of aryl methyl sites for hydroxylation is 1. The Morgan fingerprint density at radius 2 is 1.77 bits per heavy atom. The fraction of sp³-hybridized carbons (Fsp3) is 0.389. The molecule has 0 unspecified atom stereocenters. The van der Waals surface area contributed by atoms with E-state index in [4.69, 9.17) is 0 Å². The first-order chi connectivity index (χ1) is 10.6. The molecular formula is C18H19NO3. The first-order valence-corrected chi connectivity index (χ1v) is 7.90.